The van der Waals surface area contributed by atoms with Crippen LogP contribution in [0.4, 0.5) is 0 Å². The molecule has 0 aromatic carbocycles. The third kappa shape index (κ3) is 3.90. The molecule has 0 saturated heterocycles. The van der Waals surface area contributed by atoms with Gasteiger partial charge in [-0.3, -0.25) is 0 Å². The summed E-state index contributed by atoms with van der Waals surface area (Å²) in [5.41, 5.74) is 0. The van der Waals surface area contributed by atoms with Crippen LogP contribution in [0.1, 0.15) is 33.1 Å². The molecule has 0 N–H and O–H groups in total. The Morgan fingerprint density at radius 2 is 2.06 bits per heavy atom. The predicted molar refractivity (Wildman–Crippen MR) is 68.3 cm³/mol. The van der Waals surface area contributed by atoms with Gasteiger partial charge >= 0.3 is 0 Å². The van der Waals surface area contributed by atoms with Gasteiger partial charge in [-0.05, 0) is 24.7 Å². The second kappa shape index (κ2) is 6.22. The first-order chi connectivity index (χ1) is 7.49. The van der Waals surface area contributed by atoms with Crippen molar-refractivity contribution in [2.45, 2.75) is 33.1 Å². The predicted octanol–water partition coefficient (Wildman–Crippen LogP) is 2.31. The van der Waals surface area contributed by atoms with E-state index in [0.29, 0.717) is 24.9 Å². The van der Waals surface area contributed by atoms with E-state index in [1.807, 2.05) is 13.8 Å². The molecule has 1 aliphatic carbocycles. The van der Waals surface area contributed by atoms with E-state index in [1.165, 1.54) is 19.3 Å². The van der Waals surface area contributed by atoms with Crippen LogP contribution >= 0.6 is 11.6 Å². The van der Waals surface area contributed by atoms with E-state index in [-0.39, 0.29) is 11.7 Å². The van der Waals surface area contributed by atoms with Gasteiger partial charge in [-0.25, -0.2) is 12.7 Å². The quantitative estimate of drug-likeness (QED) is 0.664. The Morgan fingerprint density at radius 3 is 2.44 bits per heavy atom. The molecule has 0 radical (unpaired) electrons. The zero-order valence-corrected chi connectivity index (χ0v) is 11.7. The second-order valence-corrected chi connectivity index (χ2v) is 7.11. The molecule has 96 valence electrons. The van der Waals surface area contributed by atoms with Gasteiger partial charge in [0.2, 0.25) is 10.0 Å². The normalized spacial score (nSPS) is 19.8. The number of alkyl halides is 1. The van der Waals surface area contributed by atoms with Crippen LogP contribution in [0, 0.1) is 11.8 Å². The molecule has 1 rings (SSSR count). The molecule has 0 aromatic heterocycles. The van der Waals surface area contributed by atoms with Crippen molar-refractivity contribution >= 4 is 21.6 Å². The van der Waals surface area contributed by atoms with Crippen molar-refractivity contribution < 1.29 is 8.42 Å². The van der Waals surface area contributed by atoms with Crippen LogP contribution in [0.5, 0.6) is 0 Å². The summed E-state index contributed by atoms with van der Waals surface area (Å²) in [5, 5.41) is 0. The molecule has 1 saturated carbocycles. The molecule has 0 bridgehead atoms. The Labute approximate surface area is 104 Å². The average Bonchev–Trinajstić information content (AvgIpc) is 2.14. The van der Waals surface area contributed by atoms with E-state index in [4.69, 9.17) is 11.6 Å². The van der Waals surface area contributed by atoms with Crippen molar-refractivity contribution in [2.75, 3.05) is 24.7 Å². The summed E-state index contributed by atoms with van der Waals surface area (Å²) in [6.45, 7) is 5.06. The summed E-state index contributed by atoms with van der Waals surface area (Å²) in [6, 6.07) is 0. The Kier molecular flexibility index (Phi) is 5.54. The molecular weight excluding hydrogens is 246 g/mol. The number of sulfonamides is 1. The Balaban J connectivity index is 2.54. The smallest absolute Gasteiger partial charge is 0.212 e. The van der Waals surface area contributed by atoms with Gasteiger partial charge in [-0.1, -0.05) is 20.3 Å². The Hall–Kier alpha value is 0.200. The third-order valence-electron chi connectivity index (χ3n) is 3.19. The van der Waals surface area contributed by atoms with E-state index < -0.39 is 10.0 Å². The summed E-state index contributed by atoms with van der Waals surface area (Å²) in [7, 11) is -3.11. The zero-order chi connectivity index (χ0) is 12.2. The summed E-state index contributed by atoms with van der Waals surface area (Å²) in [4.78, 5) is 0. The standard InChI is InChI=1S/C11H22ClNO2S/c1-3-13(8-11-5-4-6-11)16(14,15)9-10(2)7-12/h10-11H,3-9H2,1-2H3. The number of nitrogens with zero attached hydrogens (tertiary/aromatic N) is 1. The first-order valence-electron chi connectivity index (χ1n) is 6.03. The van der Waals surface area contributed by atoms with Crippen LogP contribution in [-0.4, -0.2) is 37.4 Å². The second-order valence-electron chi connectivity index (χ2n) is 4.79. The molecule has 0 aliphatic heterocycles. The van der Waals surface area contributed by atoms with Gasteiger partial charge in [0.25, 0.3) is 0 Å². The van der Waals surface area contributed by atoms with Crippen LogP contribution in [0.25, 0.3) is 0 Å². The highest BCUT2D eigenvalue weighted by Crippen LogP contribution is 2.28. The molecule has 1 fully saturated rings. The Morgan fingerprint density at radius 1 is 1.44 bits per heavy atom. The molecular formula is C11H22ClNO2S. The lowest BCUT2D eigenvalue weighted by atomic mass is 9.85. The summed E-state index contributed by atoms with van der Waals surface area (Å²) in [5.74, 6) is 1.19. The summed E-state index contributed by atoms with van der Waals surface area (Å²) in [6.07, 6.45) is 3.61. The first-order valence-corrected chi connectivity index (χ1v) is 8.17. The summed E-state index contributed by atoms with van der Waals surface area (Å²) < 4.78 is 25.8. The number of rotatable bonds is 7. The van der Waals surface area contributed by atoms with Crippen molar-refractivity contribution in [2.24, 2.45) is 11.8 Å². The van der Waals surface area contributed by atoms with Gasteiger partial charge in [0, 0.05) is 19.0 Å². The molecule has 0 heterocycles. The molecule has 0 spiro atoms. The molecule has 0 aromatic rings. The minimum atomic E-state index is -3.11. The molecule has 0 amide bonds. The van der Waals surface area contributed by atoms with Crippen molar-refractivity contribution in [3.63, 3.8) is 0 Å². The monoisotopic (exact) mass is 267 g/mol. The fourth-order valence-electron chi connectivity index (χ4n) is 1.91. The maximum atomic E-state index is 12.1. The van der Waals surface area contributed by atoms with Gasteiger partial charge in [-0.15, -0.1) is 11.6 Å². The van der Waals surface area contributed by atoms with E-state index in [1.54, 1.807) is 4.31 Å². The molecule has 1 atom stereocenters. The third-order valence-corrected chi connectivity index (χ3v) is 5.90. The van der Waals surface area contributed by atoms with Crippen molar-refractivity contribution in [1.29, 1.82) is 0 Å². The topological polar surface area (TPSA) is 37.4 Å². The first kappa shape index (κ1) is 14.3. The van der Waals surface area contributed by atoms with Gasteiger partial charge in [0.05, 0.1) is 5.75 Å². The van der Waals surface area contributed by atoms with Gasteiger partial charge in [-0.2, -0.15) is 0 Å². The van der Waals surface area contributed by atoms with Crippen molar-refractivity contribution in [1.82, 2.24) is 4.31 Å². The van der Waals surface area contributed by atoms with E-state index in [9.17, 15) is 8.42 Å². The average molecular weight is 268 g/mol. The van der Waals surface area contributed by atoms with Crippen LogP contribution in [-0.2, 0) is 10.0 Å². The zero-order valence-electron chi connectivity index (χ0n) is 10.2. The van der Waals surface area contributed by atoms with Gasteiger partial charge in [0.1, 0.15) is 0 Å². The van der Waals surface area contributed by atoms with E-state index in [0.717, 1.165) is 0 Å². The number of halogens is 1. The van der Waals surface area contributed by atoms with Gasteiger partial charge in [0.15, 0.2) is 0 Å². The van der Waals surface area contributed by atoms with Crippen LogP contribution in [0.15, 0.2) is 0 Å². The lowest BCUT2D eigenvalue weighted by Gasteiger charge is -2.31. The SMILES string of the molecule is CCN(CC1CCC1)S(=O)(=O)CC(C)CCl. The van der Waals surface area contributed by atoms with Crippen LogP contribution < -0.4 is 0 Å². The maximum absolute atomic E-state index is 12.1. The van der Waals surface area contributed by atoms with Crippen LogP contribution in [0.3, 0.4) is 0 Å². The molecule has 3 nitrogen and oxygen atoms in total. The van der Waals surface area contributed by atoms with E-state index >= 15 is 0 Å². The highest BCUT2D eigenvalue weighted by atomic mass is 35.5. The largest absolute Gasteiger partial charge is 0.214 e. The molecule has 1 aliphatic rings. The highest BCUT2D eigenvalue weighted by Gasteiger charge is 2.27. The molecule has 16 heavy (non-hydrogen) atoms. The lowest BCUT2D eigenvalue weighted by Crippen LogP contribution is -2.39. The molecule has 5 heteroatoms. The molecule has 1 unspecified atom stereocenters. The van der Waals surface area contributed by atoms with Crippen LogP contribution in [0.2, 0.25) is 0 Å². The number of hydrogen-bond acceptors (Lipinski definition) is 2. The Bertz CT molecular complexity index is 301. The number of hydrogen-bond donors (Lipinski definition) is 0. The minimum absolute atomic E-state index is 0.0297. The lowest BCUT2D eigenvalue weighted by molar-refractivity contribution is 0.249. The van der Waals surface area contributed by atoms with Crippen molar-refractivity contribution in [3.05, 3.63) is 0 Å². The highest BCUT2D eigenvalue weighted by molar-refractivity contribution is 7.89. The van der Waals surface area contributed by atoms with E-state index in [2.05, 4.69) is 0 Å². The van der Waals surface area contributed by atoms with Crippen molar-refractivity contribution in [3.8, 4) is 0 Å². The van der Waals surface area contributed by atoms with Gasteiger partial charge < -0.3 is 0 Å². The minimum Gasteiger partial charge on any atom is -0.212 e. The fraction of sp³-hybridized carbons (Fsp3) is 1.00. The maximum Gasteiger partial charge on any atom is 0.214 e. The fourth-order valence-corrected chi connectivity index (χ4v) is 4.03. The summed E-state index contributed by atoms with van der Waals surface area (Å²) >= 11 is 5.67.